The Labute approximate surface area is 117 Å². The maximum absolute atomic E-state index is 12.0. The number of carbonyl (C=O) groups excluding carboxylic acids is 1. The molecule has 0 saturated carbocycles. The molecule has 0 spiro atoms. The molecule has 5 heteroatoms. The van der Waals surface area contributed by atoms with Crippen molar-refractivity contribution < 1.29 is 9.53 Å². The van der Waals surface area contributed by atoms with Gasteiger partial charge >= 0.3 is 0 Å². The van der Waals surface area contributed by atoms with Gasteiger partial charge in [0.2, 0.25) is 0 Å². The molecule has 1 aliphatic rings. The molecule has 1 aromatic carbocycles. The maximum atomic E-state index is 12.0. The van der Waals surface area contributed by atoms with Crippen LogP contribution in [0, 0.1) is 0 Å². The summed E-state index contributed by atoms with van der Waals surface area (Å²) >= 11 is 0. The number of hydrogen-bond donors (Lipinski definition) is 1. The van der Waals surface area contributed by atoms with Gasteiger partial charge in [0.05, 0.1) is 6.10 Å². The molecular weight excluding hydrogens is 254 g/mol. The highest BCUT2D eigenvalue weighted by atomic mass is 16.5. The second kappa shape index (κ2) is 5.88. The minimum atomic E-state index is -0.157. The highest BCUT2D eigenvalue weighted by Gasteiger charge is 2.17. The van der Waals surface area contributed by atoms with Gasteiger partial charge in [0.25, 0.3) is 5.91 Å². The summed E-state index contributed by atoms with van der Waals surface area (Å²) in [4.78, 5) is 16.2. The molecule has 1 aromatic heterocycles. The lowest BCUT2D eigenvalue weighted by Crippen LogP contribution is -2.31. The van der Waals surface area contributed by atoms with E-state index in [9.17, 15) is 4.79 Å². The minimum Gasteiger partial charge on any atom is -0.376 e. The van der Waals surface area contributed by atoms with Crippen molar-refractivity contribution in [1.82, 2.24) is 14.9 Å². The van der Waals surface area contributed by atoms with Crippen LogP contribution in [0.5, 0.6) is 0 Å². The topological polar surface area (TPSA) is 56.1 Å². The van der Waals surface area contributed by atoms with E-state index in [0.717, 1.165) is 25.1 Å². The Hall–Kier alpha value is -2.14. The predicted octanol–water partition coefficient (Wildman–Crippen LogP) is 1.78. The molecule has 2 heterocycles. The average molecular weight is 271 g/mol. The van der Waals surface area contributed by atoms with Crippen molar-refractivity contribution in [3.63, 3.8) is 0 Å². The highest BCUT2D eigenvalue weighted by Crippen LogP contribution is 2.11. The molecule has 1 unspecified atom stereocenters. The van der Waals surface area contributed by atoms with Crippen LogP contribution in [-0.2, 0) is 4.74 Å². The number of aromatic nitrogens is 2. The Kier molecular flexibility index (Phi) is 3.78. The Morgan fingerprint density at radius 3 is 3.00 bits per heavy atom. The molecule has 1 saturated heterocycles. The molecule has 2 aromatic rings. The molecule has 1 atom stereocenters. The van der Waals surface area contributed by atoms with Crippen molar-refractivity contribution in [3.8, 4) is 5.69 Å². The summed E-state index contributed by atoms with van der Waals surface area (Å²) in [6, 6.07) is 9.79. The standard InChI is InChI=1S/C15H17N3O2/c19-15(16-9-13-7-4-8-20-13)14-10-18(11-17-14)12-5-2-1-3-6-12/h1-3,5-6,10-11,13H,4,7-9H2,(H,16,19). The quantitative estimate of drug-likeness (QED) is 0.922. The molecule has 0 aliphatic carbocycles. The summed E-state index contributed by atoms with van der Waals surface area (Å²) < 4.78 is 7.31. The van der Waals surface area contributed by atoms with Gasteiger partial charge < -0.3 is 14.6 Å². The number of carbonyl (C=O) groups is 1. The number of benzene rings is 1. The van der Waals surface area contributed by atoms with Crippen molar-refractivity contribution in [3.05, 3.63) is 48.5 Å². The third-order valence-electron chi connectivity index (χ3n) is 3.38. The predicted molar refractivity (Wildman–Crippen MR) is 74.9 cm³/mol. The smallest absolute Gasteiger partial charge is 0.271 e. The van der Waals surface area contributed by atoms with E-state index in [-0.39, 0.29) is 12.0 Å². The van der Waals surface area contributed by atoms with Crippen molar-refractivity contribution in [1.29, 1.82) is 0 Å². The molecule has 104 valence electrons. The van der Waals surface area contributed by atoms with Gasteiger partial charge in [0.15, 0.2) is 0 Å². The number of nitrogens with one attached hydrogen (secondary N) is 1. The van der Waals surface area contributed by atoms with Crippen LogP contribution in [0.3, 0.4) is 0 Å². The Morgan fingerprint density at radius 2 is 2.25 bits per heavy atom. The van der Waals surface area contributed by atoms with Gasteiger partial charge in [-0.15, -0.1) is 0 Å². The summed E-state index contributed by atoms with van der Waals surface area (Å²) in [6.07, 6.45) is 5.62. The summed E-state index contributed by atoms with van der Waals surface area (Å²) in [5, 5.41) is 2.87. The lowest BCUT2D eigenvalue weighted by molar-refractivity contribution is 0.0854. The largest absolute Gasteiger partial charge is 0.376 e. The normalized spacial score (nSPS) is 18.1. The van der Waals surface area contributed by atoms with Crippen LogP contribution in [0.2, 0.25) is 0 Å². The third kappa shape index (κ3) is 2.88. The van der Waals surface area contributed by atoms with Gasteiger partial charge in [-0.05, 0) is 25.0 Å². The minimum absolute atomic E-state index is 0.148. The average Bonchev–Trinajstić information content (AvgIpc) is 3.17. The summed E-state index contributed by atoms with van der Waals surface area (Å²) in [5.74, 6) is -0.157. The van der Waals surface area contributed by atoms with Gasteiger partial charge in [-0.3, -0.25) is 4.79 Å². The molecule has 5 nitrogen and oxygen atoms in total. The second-order valence-corrected chi connectivity index (χ2v) is 4.85. The molecule has 20 heavy (non-hydrogen) atoms. The SMILES string of the molecule is O=C(NCC1CCCO1)c1cn(-c2ccccc2)cn1. The fraction of sp³-hybridized carbons (Fsp3) is 0.333. The molecular formula is C15H17N3O2. The monoisotopic (exact) mass is 271 g/mol. The fourth-order valence-electron chi connectivity index (χ4n) is 2.28. The Bertz CT molecular complexity index is 574. The molecule has 0 bridgehead atoms. The highest BCUT2D eigenvalue weighted by molar-refractivity contribution is 5.92. The van der Waals surface area contributed by atoms with E-state index < -0.39 is 0 Å². The van der Waals surface area contributed by atoms with E-state index >= 15 is 0 Å². The number of para-hydroxylation sites is 1. The van der Waals surface area contributed by atoms with E-state index in [4.69, 9.17) is 4.74 Å². The number of nitrogens with zero attached hydrogens (tertiary/aromatic N) is 2. The molecule has 0 radical (unpaired) electrons. The Balaban J connectivity index is 1.62. The van der Waals surface area contributed by atoms with Crippen LogP contribution < -0.4 is 5.32 Å². The molecule has 1 N–H and O–H groups in total. The number of imidazole rings is 1. The van der Waals surface area contributed by atoms with Crippen molar-refractivity contribution >= 4 is 5.91 Å². The van der Waals surface area contributed by atoms with E-state index in [0.29, 0.717) is 12.2 Å². The molecule has 3 rings (SSSR count). The van der Waals surface area contributed by atoms with Crippen molar-refractivity contribution in [2.24, 2.45) is 0 Å². The Morgan fingerprint density at radius 1 is 1.40 bits per heavy atom. The number of hydrogen-bond acceptors (Lipinski definition) is 3. The van der Waals surface area contributed by atoms with Crippen LogP contribution >= 0.6 is 0 Å². The van der Waals surface area contributed by atoms with Gasteiger partial charge in [0.1, 0.15) is 12.0 Å². The van der Waals surface area contributed by atoms with Crippen LogP contribution in [-0.4, -0.2) is 34.7 Å². The van der Waals surface area contributed by atoms with Crippen LogP contribution in [0.15, 0.2) is 42.9 Å². The maximum Gasteiger partial charge on any atom is 0.271 e. The summed E-state index contributed by atoms with van der Waals surface area (Å²) in [6.45, 7) is 1.35. The molecule has 1 amide bonds. The number of amides is 1. The third-order valence-corrected chi connectivity index (χ3v) is 3.38. The van der Waals surface area contributed by atoms with E-state index in [1.807, 2.05) is 34.9 Å². The first-order chi connectivity index (χ1) is 9.83. The van der Waals surface area contributed by atoms with Gasteiger partial charge in [-0.25, -0.2) is 4.98 Å². The first kappa shape index (κ1) is 12.9. The lowest BCUT2D eigenvalue weighted by Gasteiger charge is -2.09. The number of ether oxygens (including phenoxy) is 1. The fourth-order valence-corrected chi connectivity index (χ4v) is 2.28. The first-order valence-electron chi connectivity index (χ1n) is 6.82. The van der Waals surface area contributed by atoms with Crippen LogP contribution in [0.4, 0.5) is 0 Å². The van der Waals surface area contributed by atoms with E-state index in [2.05, 4.69) is 10.3 Å². The van der Waals surface area contributed by atoms with Gasteiger partial charge in [-0.2, -0.15) is 0 Å². The van der Waals surface area contributed by atoms with Crippen molar-refractivity contribution in [2.45, 2.75) is 18.9 Å². The van der Waals surface area contributed by atoms with Crippen LogP contribution in [0.1, 0.15) is 23.3 Å². The van der Waals surface area contributed by atoms with Gasteiger partial charge in [0, 0.05) is 25.0 Å². The zero-order valence-electron chi connectivity index (χ0n) is 11.2. The van der Waals surface area contributed by atoms with Crippen LogP contribution in [0.25, 0.3) is 5.69 Å². The van der Waals surface area contributed by atoms with Crippen molar-refractivity contribution in [2.75, 3.05) is 13.2 Å². The molecule has 1 aliphatic heterocycles. The van der Waals surface area contributed by atoms with E-state index in [1.54, 1.807) is 12.5 Å². The first-order valence-corrected chi connectivity index (χ1v) is 6.82. The second-order valence-electron chi connectivity index (χ2n) is 4.85. The molecule has 1 fully saturated rings. The number of rotatable bonds is 4. The zero-order valence-corrected chi connectivity index (χ0v) is 11.2. The summed E-state index contributed by atoms with van der Waals surface area (Å²) in [7, 11) is 0. The van der Waals surface area contributed by atoms with Gasteiger partial charge in [-0.1, -0.05) is 18.2 Å². The zero-order chi connectivity index (χ0) is 13.8. The summed E-state index contributed by atoms with van der Waals surface area (Å²) in [5.41, 5.74) is 1.41. The van der Waals surface area contributed by atoms with E-state index in [1.165, 1.54) is 0 Å². The lowest BCUT2D eigenvalue weighted by atomic mass is 10.2.